The standard InChI is InChI=1S/C27H33N5O2/c1-34-25-14-8-7-13-24(25)31-17-15-30(16-18-31)20-27(33)28-26-19-23(21-9-5-6-10-21)29-32(26)22-11-3-2-4-12-22/h2-4,7-8,11-14,19,21H,5-6,9-10,15-18,20H2,1H3,(H,28,33). The van der Waals surface area contributed by atoms with Crippen LogP contribution in [0.2, 0.25) is 0 Å². The summed E-state index contributed by atoms with van der Waals surface area (Å²) in [5, 5.41) is 8.04. The van der Waals surface area contributed by atoms with Crippen molar-refractivity contribution in [3.63, 3.8) is 0 Å². The van der Waals surface area contributed by atoms with Crippen molar-refractivity contribution in [1.29, 1.82) is 0 Å². The number of ether oxygens (including phenoxy) is 1. The van der Waals surface area contributed by atoms with Gasteiger partial charge in [0.2, 0.25) is 5.91 Å². The average Bonchev–Trinajstić information content (AvgIpc) is 3.55. The van der Waals surface area contributed by atoms with Crippen molar-refractivity contribution in [2.75, 3.05) is 50.1 Å². The van der Waals surface area contributed by atoms with Gasteiger partial charge < -0.3 is 15.0 Å². The Morgan fingerprint density at radius 1 is 1.00 bits per heavy atom. The maximum atomic E-state index is 13.0. The molecule has 7 nitrogen and oxygen atoms in total. The second kappa shape index (κ2) is 10.3. The van der Waals surface area contributed by atoms with Crippen LogP contribution in [-0.2, 0) is 4.79 Å². The number of nitrogens with one attached hydrogen (secondary N) is 1. The molecule has 1 saturated heterocycles. The van der Waals surface area contributed by atoms with E-state index in [1.165, 1.54) is 25.7 Å². The van der Waals surface area contributed by atoms with Gasteiger partial charge in [0, 0.05) is 38.2 Å². The topological polar surface area (TPSA) is 62.6 Å². The quantitative estimate of drug-likeness (QED) is 0.571. The number of carbonyl (C=O) groups excluding carboxylic acids is 1. The van der Waals surface area contributed by atoms with Gasteiger partial charge in [-0.1, -0.05) is 43.2 Å². The number of benzene rings is 2. The molecule has 2 fully saturated rings. The number of para-hydroxylation sites is 3. The zero-order chi connectivity index (χ0) is 23.3. The number of methoxy groups -OCH3 is 1. The smallest absolute Gasteiger partial charge is 0.239 e. The first-order valence-corrected chi connectivity index (χ1v) is 12.3. The van der Waals surface area contributed by atoms with Gasteiger partial charge in [-0.15, -0.1) is 0 Å². The van der Waals surface area contributed by atoms with E-state index in [1.807, 2.05) is 53.2 Å². The summed E-state index contributed by atoms with van der Waals surface area (Å²) in [6.45, 7) is 3.76. The molecule has 1 amide bonds. The highest BCUT2D eigenvalue weighted by Crippen LogP contribution is 2.35. The molecule has 1 aromatic heterocycles. The zero-order valence-electron chi connectivity index (χ0n) is 19.8. The van der Waals surface area contributed by atoms with Gasteiger partial charge in [0.25, 0.3) is 0 Å². The van der Waals surface area contributed by atoms with E-state index in [0.717, 1.165) is 54.8 Å². The van der Waals surface area contributed by atoms with Crippen LogP contribution in [0.15, 0.2) is 60.7 Å². The molecule has 5 rings (SSSR count). The minimum atomic E-state index is 0.000736. The fraction of sp³-hybridized carbons (Fsp3) is 0.407. The normalized spacial score (nSPS) is 17.1. The first-order chi connectivity index (χ1) is 16.7. The van der Waals surface area contributed by atoms with E-state index >= 15 is 0 Å². The van der Waals surface area contributed by atoms with Gasteiger partial charge in [-0.05, 0) is 37.1 Å². The van der Waals surface area contributed by atoms with Crippen LogP contribution in [0.4, 0.5) is 11.5 Å². The van der Waals surface area contributed by atoms with Crippen molar-refractivity contribution in [1.82, 2.24) is 14.7 Å². The van der Waals surface area contributed by atoms with Crippen LogP contribution in [0, 0.1) is 0 Å². The van der Waals surface area contributed by atoms with E-state index in [0.29, 0.717) is 12.5 Å². The molecule has 0 unspecified atom stereocenters. The highest BCUT2D eigenvalue weighted by atomic mass is 16.5. The van der Waals surface area contributed by atoms with Gasteiger partial charge >= 0.3 is 0 Å². The van der Waals surface area contributed by atoms with Crippen LogP contribution < -0.4 is 15.0 Å². The summed E-state index contributed by atoms with van der Waals surface area (Å²) in [4.78, 5) is 17.6. The molecule has 0 bridgehead atoms. The number of piperazine rings is 1. The molecular formula is C27H33N5O2. The van der Waals surface area contributed by atoms with Crippen molar-refractivity contribution in [3.05, 3.63) is 66.4 Å². The lowest BCUT2D eigenvalue weighted by atomic mass is 10.0. The highest BCUT2D eigenvalue weighted by molar-refractivity contribution is 5.91. The van der Waals surface area contributed by atoms with Gasteiger partial charge in [0.15, 0.2) is 0 Å². The van der Waals surface area contributed by atoms with Crippen molar-refractivity contribution in [2.45, 2.75) is 31.6 Å². The molecule has 1 aliphatic heterocycles. The molecule has 1 N–H and O–H groups in total. The van der Waals surface area contributed by atoms with E-state index < -0.39 is 0 Å². The average molecular weight is 460 g/mol. The number of hydrogen-bond acceptors (Lipinski definition) is 5. The molecule has 2 heterocycles. The number of amides is 1. The van der Waals surface area contributed by atoms with Crippen molar-refractivity contribution < 1.29 is 9.53 Å². The first-order valence-electron chi connectivity index (χ1n) is 12.3. The summed E-state index contributed by atoms with van der Waals surface area (Å²) < 4.78 is 7.40. The van der Waals surface area contributed by atoms with E-state index in [9.17, 15) is 4.79 Å². The van der Waals surface area contributed by atoms with E-state index in [4.69, 9.17) is 9.84 Å². The Morgan fingerprint density at radius 3 is 2.44 bits per heavy atom. The number of nitrogens with zero attached hydrogens (tertiary/aromatic N) is 4. The summed E-state index contributed by atoms with van der Waals surface area (Å²) >= 11 is 0. The maximum absolute atomic E-state index is 13.0. The number of rotatable bonds is 7. The summed E-state index contributed by atoms with van der Waals surface area (Å²) in [5.41, 5.74) is 3.16. The molecule has 7 heteroatoms. The highest BCUT2D eigenvalue weighted by Gasteiger charge is 2.24. The Hall–Kier alpha value is -3.32. The second-order valence-corrected chi connectivity index (χ2v) is 9.17. The summed E-state index contributed by atoms with van der Waals surface area (Å²) in [6.07, 6.45) is 4.86. The maximum Gasteiger partial charge on any atom is 0.239 e. The molecule has 1 saturated carbocycles. The summed E-state index contributed by atoms with van der Waals surface area (Å²) in [5.74, 6) is 2.14. The van der Waals surface area contributed by atoms with Crippen molar-refractivity contribution >= 4 is 17.4 Å². The Kier molecular flexibility index (Phi) is 6.81. The predicted molar refractivity (Wildman–Crippen MR) is 135 cm³/mol. The van der Waals surface area contributed by atoms with E-state index in [-0.39, 0.29) is 5.91 Å². The molecule has 2 aliphatic rings. The lowest BCUT2D eigenvalue weighted by molar-refractivity contribution is -0.117. The van der Waals surface area contributed by atoms with Crippen LogP contribution in [0.25, 0.3) is 5.69 Å². The van der Waals surface area contributed by atoms with Crippen LogP contribution in [-0.4, -0.2) is 60.4 Å². The molecule has 0 radical (unpaired) electrons. The van der Waals surface area contributed by atoms with Gasteiger partial charge in [0.05, 0.1) is 30.7 Å². The Morgan fingerprint density at radius 2 is 1.71 bits per heavy atom. The molecule has 0 spiro atoms. The fourth-order valence-electron chi connectivity index (χ4n) is 5.10. The third-order valence-corrected chi connectivity index (χ3v) is 6.94. The molecule has 1 aliphatic carbocycles. The SMILES string of the molecule is COc1ccccc1N1CCN(CC(=O)Nc2cc(C3CCCC3)nn2-c2ccccc2)CC1. The molecule has 3 aromatic rings. The third-order valence-electron chi connectivity index (χ3n) is 6.94. The van der Waals surface area contributed by atoms with Crippen molar-refractivity contribution in [3.8, 4) is 11.4 Å². The lowest BCUT2D eigenvalue weighted by Gasteiger charge is -2.36. The zero-order valence-corrected chi connectivity index (χ0v) is 19.8. The number of anilines is 2. The van der Waals surface area contributed by atoms with Crippen LogP contribution in [0.3, 0.4) is 0 Å². The fourth-order valence-corrected chi connectivity index (χ4v) is 5.10. The Labute approximate surface area is 201 Å². The molecule has 34 heavy (non-hydrogen) atoms. The van der Waals surface area contributed by atoms with Gasteiger partial charge in [-0.2, -0.15) is 5.10 Å². The summed E-state index contributed by atoms with van der Waals surface area (Å²) in [7, 11) is 1.71. The molecule has 0 atom stereocenters. The lowest BCUT2D eigenvalue weighted by Crippen LogP contribution is -2.48. The first kappa shape index (κ1) is 22.5. The largest absolute Gasteiger partial charge is 0.495 e. The van der Waals surface area contributed by atoms with Gasteiger partial charge in [-0.3, -0.25) is 9.69 Å². The second-order valence-electron chi connectivity index (χ2n) is 9.17. The molecule has 178 valence electrons. The van der Waals surface area contributed by atoms with Crippen LogP contribution >= 0.6 is 0 Å². The van der Waals surface area contributed by atoms with Crippen molar-refractivity contribution in [2.24, 2.45) is 0 Å². The molecular weight excluding hydrogens is 426 g/mol. The monoisotopic (exact) mass is 459 g/mol. The third kappa shape index (κ3) is 4.94. The number of hydrogen-bond donors (Lipinski definition) is 1. The van der Waals surface area contributed by atoms with Crippen LogP contribution in [0.5, 0.6) is 5.75 Å². The summed E-state index contributed by atoms with van der Waals surface area (Å²) in [6, 6.07) is 20.2. The number of carbonyl (C=O) groups is 1. The van der Waals surface area contributed by atoms with Crippen LogP contribution in [0.1, 0.15) is 37.3 Å². The molecule has 2 aromatic carbocycles. The van der Waals surface area contributed by atoms with E-state index in [2.05, 4.69) is 27.2 Å². The minimum Gasteiger partial charge on any atom is -0.495 e. The van der Waals surface area contributed by atoms with Gasteiger partial charge in [0.1, 0.15) is 11.6 Å². The van der Waals surface area contributed by atoms with E-state index in [1.54, 1.807) is 7.11 Å². The van der Waals surface area contributed by atoms with Gasteiger partial charge in [-0.25, -0.2) is 4.68 Å². The Balaban J connectivity index is 1.23. The Bertz CT molecular complexity index is 1100. The predicted octanol–water partition coefficient (Wildman–Crippen LogP) is 4.30. The number of aromatic nitrogens is 2. The minimum absolute atomic E-state index is 0.000736.